The van der Waals surface area contributed by atoms with Gasteiger partial charge in [0, 0.05) is 32.8 Å². The van der Waals surface area contributed by atoms with Gasteiger partial charge in [0.15, 0.2) is 0 Å². The summed E-state index contributed by atoms with van der Waals surface area (Å²) in [7, 11) is 0. The van der Waals surface area contributed by atoms with E-state index in [9.17, 15) is 10.5 Å². The van der Waals surface area contributed by atoms with Gasteiger partial charge in [-0.25, -0.2) is 0 Å². The summed E-state index contributed by atoms with van der Waals surface area (Å²) in [6.45, 7) is 0. The van der Waals surface area contributed by atoms with Crippen molar-refractivity contribution in [2.75, 3.05) is 0 Å². The van der Waals surface area contributed by atoms with Crippen LogP contribution in [0.5, 0.6) is 0 Å². The topological polar surface area (TPSA) is 57.4 Å². The van der Waals surface area contributed by atoms with Crippen LogP contribution in [0.1, 0.15) is 11.1 Å². The molecule has 0 bridgehead atoms. The first-order chi connectivity index (χ1) is 23.7. The smallest absolute Gasteiger partial charge is 0.101 e. The van der Waals surface area contributed by atoms with Crippen molar-refractivity contribution >= 4 is 43.6 Å². The maximum absolute atomic E-state index is 10.3. The van der Waals surface area contributed by atoms with Gasteiger partial charge in [-0.1, -0.05) is 109 Å². The van der Waals surface area contributed by atoms with Crippen molar-refractivity contribution in [3.63, 3.8) is 0 Å². The van der Waals surface area contributed by atoms with E-state index in [-0.39, 0.29) is 0 Å². The minimum atomic E-state index is 0.630. The molecule has 0 spiro atoms. The molecule has 0 aliphatic carbocycles. The van der Waals surface area contributed by atoms with Crippen molar-refractivity contribution < 1.29 is 0 Å². The fourth-order valence-electron chi connectivity index (χ4n) is 7.31. The van der Waals surface area contributed by atoms with E-state index in [1.165, 1.54) is 0 Å². The van der Waals surface area contributed by atoms with Gasteiger partial charge in [-0.05, 0) is 65.2 Å². The normalized spacial score (nSPS) is 11.3. The summed E-state index contributed by atoms with van der Waals surface area (Å²) in [4.78, 5) is 0. The van der Waals surface area contributed by atoms with Gasteiger partial charge in [-0.15, -0.1) is 0 Å². The summed E-state index contributed by atoms with van der Waals surface area (Å²) < 4.78 is 4.47. The fraction of sp³-hybridized carbons (Fsp3) is 0. The van der Waals surface area contributed by atoms with E-state index in [4.69, 9.17) is 0 Å². The van der Waals surface area contributed by atoms with Crippen LogP contribution in [0.15, 0.2) is 158 Å². The Balaban J connectivity index is 1.13. The molecular weight excluding hydrogens is 585 g/mol. The molecule has 7 aromatic carbocycles. The van der Waals surface area contributed by atoms with E-state index in [0.29, 0.717) is 11.1 Å². The molecule has 0 atom stereocenters. The number of nitrogens with zero attached hydrogens (tertiary/aromatic N) is 4. The Morgan fingerprint density at radius 1 is 0.375 bits per heavy atom. The number of benzene rings is 7. The SMILES string of the molecule is N#Cc1cccc(-c2ccc(-c3ccc(-n4c5ccccc5c5c(C#N)cccc54)cc3)cc2)c1-n1c2ccccc2c2ccccc21. The second-order valence-corrected chi connectivity index (χ2v) is 12.0. The van der Waals surface area contributed by atoms with E-state index in [0.717, 1.165) is 77.2 Å². The molecule has 4 heteroatoms. The maximum atomic E-state index is 10.3. The van der Waals surface area contributed by atoms with Crippen LogP contribution in [0, 0.1) is 22.7 Å². The van der Waals surface area contributed by atoms with Gasteiger partial charge in [-0.3, -0.25) is 0 Å². The predicted octanol–water partition coefficient (Wildman–Crippen LogP) is 11.0. The zero-order chi connectivity index (χ0) is 32.2. The van der Waals surface area contributed by atoms with E-state index < -0.39 is 0 Å². The molecule has 0 fully saturated rings. The molecule has 0 saturated carbocycles. The lowest BCUT2D eigenvalue weighted by molar-refractivity contribution is 1.17. The van der Waals surface area contributed by atoms with Crippen LogP contribution < -0.4 is 0 Å². The third kappa shape index (κ3) is 4.07. The lowest BCUT2D eigenvalue weighted by Crippen LogP contribution is -2.00. The molecule has 0 saturated heterocycles. The van der Waals surface area contributed by atoms with Gasteiger partial charge in [0.2, 0.25) is 0 Å². The van der Waals surface area contributed by atoms with Crippen molar-refractivity contribution in [2.24, 2.45) is 0 Å². The predicted molar refractivity (Wildman–Crippen MR) is 195 cm³/mol. The second kappa shape index (κ2) is 10.9. The summed E-state index contributed by atoms with van der Waals surface area (Å²) in [5.74, 6) is 0. The average molecular weight is 611 g/mol. The van der Waals surface area contributed by atoms with Gasteiger partial charge >= 0.3 is 0 Å². The minimum absolute atomic E-state index is 0.630. The molecule has 2 aromatic heterocycles. The van der Waals surface area contributed by atoms with Gasteiger partial charge in [0.05, 0.1) is 45.0 Å². The molecule has 0 unspecified atom stereocenters. The fourth-order valence-corrected chi connectivity index (χ4v) is 7.31. The highest BCUT2D eigenvalue weighted by Crippen LogP contribution is 2.39. The molecule has 9 aromatic rings. The number of rotatable bonds is 4. The average Bonchev–Trinajstić information content (AvgIpc) is 3.68. The van der Waals surface area contributed by atoms with E-state index in [1.807, 2.05) is 36.4 Å². The molecule has 0 N–H and O–H groups in total. The van der Waals surface area contributed by atoms with Crippen molar-refractivity contribution in [3.8, 4) is 45.8 Å². The zero-order valence-electron chi connectivity index (χ0n) is 25.8. The van der Waals surface area contributed by atoms with Gasteiger partial charge < -0.3 is 9.13 Å². The Hall–Kier alpha value is -6.88. The molecule has 0 aliphatic rings. The lowest BCUT2D eigenvalue weighted by atomic mass is 9.97. The second-order valence-electron chi connectivity index (χ2n) is 12.0. The third-order valence-electron chi connectivity index (χ3n) is 9.43. The monoisotopic (exact) mass is 610 g/mol. The molecule has 2 heterocycles. The van der Waals surface area contributed by atoms with Crippen LogP contribution in [-0.2, 0) is 0 Å². The van der Waals surface area contributed by atoms with E-state index >= 15 is 0 Å². The number of hydrogen-bond donors (Lipinski definition) is 0. The Labute approximate surface area is 277 Å². The molecule has 9 rings (SSSR count). The standard InChI is InChI=1S/C44H26N4/c45-27-32-9-8-18-42-43(32)38-13-3-6-17-41(38)47(42)34-25-23-30(24-26-34)29-19-21-31(22-20-29)35-14-7-10-33(28-46)44(35)48-39-15-4-1-11-36(39)37-12-2-5-16-40(37)48/h1-26H. The summed E-state index contributed by atoms with van der Waals surface area (Å²) in [6.07, 6.45) is 0. The third-order valence-corrected chi connectivity index (χ3v) is 9.43. The van der Waals surface area contributed by atoms with E-state index in [2.05, 4.69) is 143 Å². The zero-order valence-corrected chi connectivity index (χ0v) is 25.8. The Morgan fingerprint density at radius 3 is 1.48 bits per heavy atom. The van der Waals surface area contributed by atoms with Crippen LogP contribution in [0.2, 0.25) is 0 Å². The largest absolute Gasteiger partial charge is 0.309 e. The van der Waals surface area contributed by atoms with Crippen molar-refractivity contribution in [2.45, 2.75) is 0 Å². The van der Waals surface area contributed by atoms with Gasteiger partial charge in [-0.2, -0.15) is 10.5 Å². The highest BCUT2D eigenvalue weighted by atomic mass is 15.0. The number of aromatic nitrogens is 2. The summed E-state index contributed by atoms with van der Waals surface area (Å²) in [5.41, 5.74) is 11.8. The van der Waals surface area contributed by atoms with Crippen molar-refractivity contribution in [1.29, 1.82) is 10.5 Å². The van der Waals surface area contributed by atoms with Crippen LogP contribution in [0.3, 0.4) is 0 Å². The molecule has 0 aliphatic heterocycles. The Kier molecular flexibility index (Phi) is 6.22. The summed E-state index contributed by atoms with van der Waals surface area (Å²) in [6, 6.07) is 59.0. The molecule has 48 heavy (non-hydrogen) atoms. The first kappa shape index (κ1) is 27.4. The van der Waals surface area contributed by atoms with Crippen LogP contribution in [0.4, 0.5) is 0 Å². The summed E-state index contributed by atoms with van der Waals surface area (Å²) in [5, 5.41) is 24.5. The van der Waals surface area contributed by atoms with Crippen LogP contribution >= 0.6 is 0 Å². The van der Waals surface area contributed by atoms with E-state index in [1.54, 1.807) is 0 Å². The van der Waals surface area contributed by atoms with Crippen LogP contribution in [0.25, 0.3) is 77.2 Å². The number of nitriles is 2. The van der Waals surface area contributed by atoms with Crippen molar-refractivity contribution in [3.05, 3.63) is 169 Å². The highest BCUT2D eigenvalue weighted by molar-refractivity contribution is 6.12. The first-order valence-corrected chi connectivity index (χ1v) is 15.9. The molecule has 0 amide bonds. The Bertz CT molecular complexity index is 2730. The number of hydrogen-bond acceptors (Lipinski definition) is 2. The van der Waals surface area contributed by atoms with Gasteiger partial charge in [0.25, 0.3) is 0 Å². The first-order valence-electron chi connectivity index (χ1n) is 15.9. The van der Waals surface area contributed by atoms with Crippen molar-refractivity contribution in [1.82, 2.24) is 9.13 Å². The lowest BCUT2D eigenvalue weighted by Gasteiger charge is -2.16. The molecule has 0 radical (unpaired) electrons. The maximum Gasteiger partial charge on any atom is 0.101 e. The number of para-hydroxylation sites is 4. The van der Waals surface area contributed by atoms with Gasteiger partial charge in [0.1, 0.15) is 6.07 Å². The number of fused-ring (bicyclic) bond motifs is 6. The Morgan fingerprint density at radius 2 is 0.854 bits per heavy atom. The van der Waals surface area contributed by atoms with Crippen LogP contribution in [-0.4, -0.2) is 9.13 Å². The summed E-state index contributed by atoms with van der Waals surface area (Å²) >= 11 is 0. The highest BCUT2D eigenvalue weighted by Gasteiger charge is 2.19. The quantitative estimate of drug-likeness (QED) is 0.199. The molecular formula is C44H26N4. The molecule has 222 valence electrons. The minimum Gasteiger partial charge on any atom is -0.309 e. The molecule has 4 nitrogen and oxygen atoms in total.